The summed E-state index contributed by atoms with van der Waals surface area (Å²) in [6.45, 7) is 0.529. The van der Waals surface area contributed by atoms with Gasteiger partial charge in [-0.25, -0.2) is 14.2 Å². The average Bonchev–Trinajstić information content (AvgIpc) is 3.29. The van der Waals surface area contributed by atoms with Gasteiger partial charge in [-0.15, -0.1) is 11.3 Å². The lowest BCUT2D eigenvalue weighted by molar-refractivity contribution is -0.149. The van der Waals surface area contributed by atoms with Gasteiger partial charge in [-0.2, -0.15) is 0 Å². The molecule has 5 nitrogen and oxygen atoms in total. The summed E-state index contributed by atoms with van der Waals surface area (Å²) in [6, 6.07) is 5.47. The normalized spacial score (nSPS) is 24.7. The summed E-state index contributed by atoms with van der Waals surface area (Å²) in [5, 5.41) is 12.0. The molecule has 0 radical (unpaired) electrons. The number of aromatic nitrogens is 1. The highest BCUT2D eigenvalue weighted by Gasteiger charge is 2.49. The van der Waals surface area contributed by atoms with Crippen molar-refractivity contribution in [3.63, 3.8) is 0 Å². The molecule has 2 aliphatic rings. The van der Waals surface area contributed by atoms with Gasteiger partial charge in [0.15, 0.2) is 0 Å². The largest absolute Gasteiger partial charge is 0.480 e. The number of nitrogens with zero attached hydrogens (tertiary/aromatic N) is 2. The first kappa shape index (κ1) is 17.1. The van der Waals surface area contributed by atoms with Crippen LogP contribution in [-0.4, -0.2) is 39.5 Å². The van der Waals surface area contributed by atoms with Crippen molar-refractivity contribution in [3.8, 4) is 10.6 Å². The first-order valence-electron chi connectivity index (χ1n) is 8.75. The lowest BCUT2D eigenvalue weighted by Gasteiger charge is -2.24. The minimum Gasteiger partial charge on any atom is -0.480 e. The number of thiazole rings is 1. The van der Waals surface area contributed by atoms with Gasteiger partial charge in [-0.1, -0.05) is 18.6 Å². The number of likely N-dealkylation sites (tertiary alicyclic amines) is 1. The second-order valence-corrected chi connectivity index (χ2v) is 7.87. The number of hydrogen-bond acceptors (Lipinski definition) is 4. The summed E-state index contributed by atoms with van der Waals surface area (Å²) in [7, 11) is 0. The Morgan fingerprint density at radius 2 is 2.19 bits per heavy atom. The highest BCUT2D eigenvalue weighted by Crippen LogP contribution is 2.42. The highest BCUT2D eigenvalue weighted by molar-refractivity contribution is 7.13. The lowest BCUT2D eigenvalue weighted by atomic mass is 9.94. The number of rotatable bonds is 4. The first-order valence-corrected chi connectivity index (χ1v) is 9.63. The van der Waals surface area contributed by atoms with E-state index in [0.29, 0.717) is 28.7 Å². The zero-order valence-corrected chi connectivity index (χ0v) is 14.9. The van der Waals surface area contributed by atoms with Gasteiger partial charge < -0.3 is 10.0 Å². The van der Waals surface area contributed by atoms with Crippen molar-refractivity contribution in [2.75, 3.05) is 6.54 Å². The van der Waals surface area contributed by atoms with E-state index in [2.05, 4.69) is 4.98 Å². The fourth-order valence-electron chi connectivity index (χ4n) is 4.28. The van der Waals surface area contributed by atoms with Gasteiger partial charge in [0.2, 0.25) is 5.91 Å². The van der Waals surface area contributed by atoms with Crippen LogP contribution in [-0.2, 0) is 16.0 Å². The molecule has 1 aromatic heterocycles. The molecule has 4 rings (SSSR count). The Balaban J connectivity index is 1.49. The molecule has 2 heterocycles. The maximum Gasteiger partial charge on any atom is 0.326 e. The van der Waals surface area contributed by atoms with Gasteiger partial charge in [0, 0.05) is 17.5 Å². The Morgan fingerprint density at radius 1 is 1.35 bits per heavy atom. The third kappa shape index (κ3) is 3.11. The maximum atomic E-state index is 13.4. The molecule has 3 unspecified atom stereocenters. The van der Waals surface area contributed by atoms with E-state index in [0.717, 1.165) is 19.3 Å². The number of amides is 1. The summed E-state index contributed by atoms with van der Waals surface area (Å²) >= 11 is 1.35. The quantitative estimate of drug-likeness (QED) is 0.892. The summed E-state index contributed by atoms with van der Waals surface area (Å²) < 4.78 is 13.4. The molecule has 1 N–H and O–H groups in total. The predicted octanol–water partition coefficient (Wildman–Crippen LogP) is 3.20. The van der Waals surface area contributed by atoms with E-state index in [1.807, 2.05) is 0 Å². The summed E-state index contributed by atoms with van der Waals surface area (Å²) in [5.41, 5.74) is 1.27. The van der Waals surface area contributed by atoms with Crippen LogP contribution < -0.4 is 0 Å². The van der Waals surface area contributed by atoms with E-state index in [9.17, 15) is 19.1 Å². The van der Waals surface area contributed by atoms with E-state index >= 15 is 0 Å². The van der Waals surface area contributed by atoms with Crippen LogP contribution in [0, 0.1) is 17.7 Å². The van der Waals surface area contributed by atoms with Gasteiger partial charge in [-0.3, -0.25) is 4.79 Å². The molecule has 1 amide bonds. The molecule has 1 aromatic carbocycles. The van der Waals surface area contributed by atoms with Crippen LogP contribution in [0.15, 0.2) is 29.6 Å². The van der Waals surface area contributed by atoms with Gasteiger partial charge >= 0.3 is 5.97 Å². The third-order valence-corrected chi connectivity index (χ3v) is 6.36. The minimum absolute atomic E-state index is 0.0784. The van der Waals surface area contributed by atoms with Gasteiger partial charge in [0.25, 0.3) is 0 Å². The van der Waals surface area contributed by atoms with Crippen LogP contribution in [0.4, 0.5) is 4.39 Å². The number of carbonyl (C=O) groups is 2. The molecule has 1 saturated heterocycles. The third-order valence-electron chi connectivity index (χ3n) is 5.42. The highest BCUT2D eigenvalue weighted by atomic mass is 32.1. The van der Waals surface area contributed by atoms with Crippen LogP contribution in [0.5, 0.6) is 0 Å². The second-order valence-electron chi connectivity index (χ2n) is 7.02. The van der Waals surface area contributed by atoms with E-state index < -0.39 is 12.0 Å². The zero-order chi connectivity index (χ0) is 18.3. The molecule has 136 valence electrons. The minimum atomic E-state index is -0.911. The van der Waals surface area contributed by atoms with Crippen LogP contribution in [0.1, 0.15) is 25.0 Å². The Bertz CT molecular complexity index is 853. The topological polar surface area (TPSA) is 70.5 Å². The number of carboxylic acids is 1. The molecular formula is C19H19FN2O3S. The summed E-state index contributed by atoms with van der Waals surface area (Å²) in [5.74, 6) is -1.05. The number of fused-ring (bicyclic) bond motifs is 1. The van der Waals surface area contributed by atoms with E-state index in [4.69, 9.17) is 0 Å². The summed E-state index contributed by atoms with van der Waals surface area (Å²) in [4.78, 5) is 30.4. The molecule has 1 saturated carbocycles. The van der Waals surface area contributed by atoms with Crippen molar-refractivity contribution in [1.82, 2.24) is 9.88 Å². The average molecular weight is 374 g/mol. The van der Waals surface area contributed by atoms with Crippen molar-refractivity contribution >= 4 is 23.2 Å². The fraction of sp³-hybridized carbons (Fsp3) is 0.421. The van der Waals surface area contributed by atoms with Crippen LogP contribution in [0.3, 0.4) is 0 Å². The van der Waals surface area contributed by atoms with E-state index in [1.165, 1.54) is 28.4 Å². The fourth-order valence-corrected chi connectivity index (χ4v) is 5.09. The zero-order valence-electron chi connectivity index (χ0n) is 14.1. The number of halogens is 1. The second kappa shape index (κ2) is 6.79. The molecular weight excluding hydrogens is 355 g/mol. The molecule has 1 aliphatic carbocycles. The molecule has 1 aliphatic heterocycles. The predicted molar refractivity (Wildman–Crippen MR) is 95.2 cm³/mol. The van der Waals surface area contributed by atoms with Gasteiger partial charge in [0.1, 0.15) is 16.9 Å². The number of hydrogen-bond donors (Lipinski definition) is 1. The molecule has 0 spiro atoms. The van der Waals surface area contributed by atoms with Crippen LogP contribution in [0.25, 0.3) is 10.6 Å². The van der Waals surface area contributed by atoms with Crippen molar-refractivity contribution in [2.24, 2.45) is 11.8 Å². The number of carbonyl (C=O) groups excluding carboxylic acids is 1. The van der Waals surface area contributed by atoms with Crippen LogP contribution in [0.2, 0.25) is 0 Å². The van der Waals surface area contributed by atoms with Gasteiger partial charge in [0.05, 0.1) is 12.1 Å². The Kier molecular flexibility index (Phi) is 4.48. The van der Waals surface area contributed by atoms with Crippen molar-refractivity contribution in [2.45, 2.75) is 31.7 Å². The number of aliphatic carboxylic acids is 1. The first-order chi connectivity index (χ1) is 12.5. The molecule has 2 fully saturated rings. The van der Waals surface area contributed by atoms with Gasteiger partial charge in [-0.05, 0) is 36.8 Å². The molecule has 2 aromatic rings. The van der Waals surface area contributed by atoms with Crippen molar-refractivity contribution in [1.29, 1.82) is 0 Å². The Morgan fingerprint density at radius 3 is 2.96 bits per heavy atom. The smallest absolute Gasteiger partial charge is 0.326 e. The van der Waals surface area contributed by atoms with Crippen molar-refractivity contribution < 1.29 is 19.1 Å². The van der Waals surface area contributed by atoms with Crippen LogP contribution >= 0.6 is 11.3 Å². The van der Waals surface area contributed by atoms with E-state index in [-0.39, 0.29) is 24.1 Å². The molecule has 26 heavy (non-hydrogen) atoms. The molecule has 3 atom stereocenters. The maximum absolute atomic E-state index is 13.4. The monoisotopic (exact) mass is 374 g/mol. The number of carboxylic acid groups (broad SMARTS) is 1. The SMILES string of the molecule is O=C(O)C1C2CCCC2CN1C(=O)Cc1csc(-c2cccc(F)c2)n1. The Hall–Kier alpha value is -2.28. The van der Waals surface area contributed by atoms with Crippen molar-refractivity contribution in [3.05, 3.63) is 41.2 Å². The lowest BCUT2D eigenvalue weighted by Crippen LogP contribution is -2.44. The number of benzene rings is 1. The molecule has 7 heteroatoms. The Labute approximate surface area is 154 Å². The summed E-state index contributed by atoms with van der Waals surface area (Å²) in [6.07, 6.45) is 3.00. The van der Waals surface area contributed by atoms with E-state index in [1.54, 1.807) is 17.5 Å². The standard InChI is InChI=1S/C19H19FN2O3S/c20-13-5-1-3-11(7-13)18-21-14(10-26-18)8-16(23)22-9-12-4-2-6-15(12)17(22)19(24)25/h1,3,5,7,10,12,15,17H,2,4,6,8-9H2,(H,24,25). The molecule has 0 bridgehead atoms.